The first-order chi connectivity index (χ1) is 5.75. The Bertz CT molecular complexity index is 318. The van der Waals surface area contributed by atoms with Crippen LogP contribution in [0.1, 0.15) is 5.56 Å². The first-order valence-corrected chi connectivity index (χ1v) is 4.00. The van der Waals surface area contributed by atoms with E-state index in [9.17, 15) is 0 Å². The highest BCUT2D eigenvalue weighted by molar-refractivity contribution is 6.35. The van der Waals surface area contributed by atoms with Gasteiger partial charge in [-0.3, -0.25) is 0 Å². The molecule has 12 heavy (non-hydrogen) atoms. The lowest BCUT2D eigenvalue weighted by Crippen LogP contribution is -1.93. The lowest BCUT2D eigenvalue weighted by atomic mass is 10.3. The Hall–Kier alpha value is -0.750. The average Bonchev–Trinajstić information content (AvgIpc) is 2.04. The number of halogens is 2. The van der Waals surface area contributed by atoms with Crippen LogP contribution in [-0.2, 0) is 0 Å². The van der Waals surface area contributed by atoms with Gasteiger partial charge >= 0.3 is 0 Å². The fourth-order valence-corrected chi connectivity index (χ4v) is 1.11. The minimum atomic E-state index is 0.279. The number of hydrogen-bond acceptors (Lipinski definition) is 2. The third-order valence-electron chi connectivity index (χ3n) is 1.17. The van der Waals surface area contributed by atoms with Crippen LogP contribution in [0.15, 0.2) is 12.3 Å². The Kier molecular flexibility index (Phi) is 3.36. The summed E-state index contributed by atoms with van der Waals surface area (Å²) in [4.78, 5) is 3.83. The van der Waals surface area contributed by atoms with Crippen LogP contribution in [0, 0.1) is 11.8 Å². The highest BCUT2D eigenvalue weighted by Gasteiger charge is 2.01. The van der Waals surface area contributed by atoms with Crippen molar-refractivity contribution in [2.24, 2.45) is 5.73 Å². The van der Waals surface area contributed by atoms with Gasteiger partial charge < -0.3 is 5.73 Å². The summed E-state index contributed by atoms with van der Waals surface area (Å²) < 4.78 is 0. The molecule has 0 fully saturated rings. The summed E-state index contributed by atoms with van der Waals surface area (Å²) in [5, 5.41) is 0.805. The highest BCUT2D eigenvalue weighted by Crippen LogP contribution is 2.20. The molecule has 1 rings (SSSR count). The SMILES string of the molecule is NCC#Cc1c(Cl)ccnc1Cl. The lowest BCUT2D eigenvalue weighted by Gasteiger charge is -1.95. The Balaban J connectivity index is 3.13. The number of nitrogens with zero attached hydrogens (tertiary/aromatic N) is 1. The van der Waals surface area contributed by atoms with Crippen molar-refractivity contribution >= 4 is 23.2 Å². The normalized spacial score (nSPS) is 8.92. The van der Waals surface area contributed by atoms with E-state index in [-0.39, 0.29) is 6.54 Å². The van der Waals surface area contributed by atoms with Gasteiger partial charge in [0.15, 0.2) is 0 Å². The van der Waals surface area contributed by atoms with Crippen molar-refractivity contribution in [3.05, 3.63) is 28.0 Å². The molecule has 4 heteroatoms. The molecule has 0 radical (unpaired) electrons. The molecule has 0 spiro atoms. The van der Waals surface area contributed by atoms with E-state index < -0.39 is 0 Å². The third kappa shape index (κ3) is 2.12. The van der Waals surface area contributed by atoms with E-state index in [4.69, 9.17) is 28.9 Å². The Labute approximate surface area is 80.7 Å². The van der Waals surface area contributed by atoms with Crippen molar-refractivity contribution in [2.45, 2.75) is 0 Å². The molecule has 0 aromatic carbocycles. The van der Waals surface area contributed by atoms with Gasteiger partial charge in [-0.2, -0.15) is 0 Å². The highest BCUT2D eigenvalue weighted by atomic mass is 35.5. The van der Waals surface area contributed by atoms with Crippen LogP contribution in [0.3, 0.4) is 0 Å². The second kappa shape index (κ2) is 4.32. The van der Waals surface area contributed by atoms with E-state index in [0.717, 1.165) is 0 Å². The topological polar surface area (TPSA) is 38.9 Å². The molecule has 62 valence electrons. The third-order valence-corrected chi connectivity index (χ3v) is 1.77. The van der Waals surface area contributed by atoms with Crippen LogP contribution < -0.4 is 5.73 Å². The second-order valence-electron chi connectivity index (χ2n) is 1.96. The van der Waals surface area contributed by atoms with E-state index in [2.05, 4.69) is 16.8 Å². The molecule has 2 N–H and O–H groups in total. The molecule has 1 heterocycles. The summed E-state index contributed by atoms with van der Waals surface area (Å²) >= 11 is 11.5. The summed E-state index contributed by atoms with van der Waals surface area (Å²) in [6.07, 6.45) is 1.53. The standard InChI is InChI=1S/C8H6Cl2N2/c9-7-3-5-12-8(10)6(7)2-1-4-11/h3,5H,4,11H2. The number of pyridine rings is 1. The zero-order valence-electron chi connectivity index (χ0n) is 6.14. The molecular formula is C8H6Cl2N2. The smallest absolute Gasteiger partial charge is 0.146 e. The van der Waals surface area contributed by atoms with Gasteiger partial charge in [0.25, 0.3) is 0 Å². The fourth-order valence-electron chi connectivity index (χ4n) is 0.665. The predicted molar refractivity (Wildman–Crippen MR) is 50.2 cm³/mol. The summed E-state index contributed by atoms with van der Waals surface area (Å²) in [7, 11) is 0. The van der Waals surface area contributed by atoms with Crippen molar-refractivity contribution in [2.75, 3.05) is 6.54 Å². The summed E-state index contributed by atoms with van der Waals surface area (Å²) in [6.45, 7) is 0.279. The monoisotopic (exact) mass is 200 g/mol. The predicted octanol–water partition coefficient (Wildman–Crippen LogP) is 1.70. The maximum absolute atomic E-state index is 5.80. The van der Waals surface area contributed by atoms with E-state index in [1.807, 2.05) is 0 Å². The summed E-state index contributed by atoms with van der Waals surface area (Å²) in [5.74, 6) is 5.39. The molecule has 1 aromatic heterocycles. The maximum Gasteiger partial charge on any atom is 0.146 e. The van der Waals surface area contributed by atoms with E-state index in [0.29, 0.717) is 15.7 Å². The zero-order valence-corrected chi connectivity index (χ0v) is 7.65. The molecule has 0 amide bonds. The molecule has 0 unspecified atom stereocenters. The van der Waals surface area contributed by atoms with E-state index >= 15 is 0 Å². The van der Waals surface area contributed by atoms with Gasteiger partial charge in [-0.05, 0) is 6.07 Å². The van der Waals surface area contributed by atoms with Crippen molar-refractivity contribution in [3.63, 3.8) is 0 Å². The Morgan fingerprint density at radius 1 is 1.50 bits per heavy atom. The maximum atomic E-state index is 5.80. The van der Waals surface area contributed by atoms with Crippen LogP contribution in [-0.4, -0.2) is 11.5 Å². The lowest BCUT2D eigenvalue weighted by molar-refractivity contribution is 1.29. The molecule has 0 bridgehead atoms. The molecule has 0 aliphatic heterocycles. The summed E-state index contributed by atoms with van der Waals surface area (Å²) in [5.41, 5.74) is 5.73. The van der Waals surface area contributed by atoms with Gasteiger partial charge in [0, 0.05) is 6.20 Å². The largest absolute Gasteiger partial charge is 0.320 e. The molecule has 0 aliphatic rings. The number of aromatic nitrogens is 1. The van der Waals surface area contributed by atoms with Crippen molar-refractivity contribution in [3.8, 4) is 11.8 Å². The van der Waals surface area contributed by atoms with Gasteiger partial charge in [0.1, 0.15) is 5.15 Å². The molecule has 2 nitrogen and oxygen atoms in total. The van der Waals surface area contributed by atoms with Crippen LogP contribution in [0.2, 0.25) is 10.2 Å². The summed E-state index contributed by atoms with van der Waals surface area (Å²) in [6, 6.07) is 1.63. The average molecular weight is 201 g/mol. The van der Waals surface area contributed by atoms with Crippen molar-refractivity contribution in [1.29, 1.82) is 0 Å². The fraction of sp³-hybridized carbons (Fsp3) is 0.125. The van der Waals surface area contributed by atoms with E-state index in [1.165, 1.54) is 6.20 Å². The Morgan fingerprint density at radius 2 is 2.25 bits per heavy atom. The quantitative estimate of drug-likeness (QED) is 0.512. The second-order valence-corrected chi connectivity index (χ2v) is 2.73. The molecule has 0 saturated carbocycles. The first-order valence-electron chi connectivity index (χ1n) is 3.24. The van der Waals surface area contributed by atoms with Gasteiger partial charge in [-0.1, -0.05) is 35.0 Å². The molecular weight excluding hydrogens is 195 g/mol. The van der Waals surface area contributed by atoms with Crippen LogP contribution >= 0.6 is 23.2 Å². The Morgan fingerprint density at radius 3 is 2.83 bits per heavy atom. The zero-order chi connectivity index (χ0) is 8.97. The van der Waals surface area contributed by atoms with Crippen molar-refractivity contribution < 1.29 is 0 Å². The number of hydrogen-bond donors (Lipinski definition) is 1. The number of nitrogens with two attached hydrogens (primary N) is 1. The number of rotatable bonds is 0. The van der Waals surface area contributed by atoms with Crippen molar-refractivity contribution in [1.82, 2.24) is 4.98 Å². The van der Waals surface area contributed by atoms with Gasteiger partial charge in [0.05, 0.1) is 17.1 Å². The van der Waals surface area contributed by atoms with E-state index in [1.54, 1.807) is 6.07 Å². The van der Waals surface area contributed by atoms with Crippen LogP contribution in [0.4, 0.5) is 0 Å². The minimum Gasteiger partial charge on any atom is -0.320 e. The minimum absolute atomic E-state index is 0.279. The molecule has 1 aromatic rings. The molecule has 0 atom stereocenters. The van der Waals surface area contributed by atoms with Gasteiger partial charge in [0.2, 0.25) is 0 Å². The molecule has 0 saturated heterocycles. The van der Waals surface area contributed by atoms with Crippen LogP contribution in [0.5, 0.6) is 0 Å². The van der Waals surface area contributed by atoms with Crippen LogP contribution in [0.25, 0.3) is 0 Å². The molecule has 0 aliphatic carbocycles. The van der Waals surface area contributed by atoms with Gasteiger partial charge in [-0.15, -0.1) is 0 Å². The first kappa shape index (κ1) is 9.34. The van der Waals surface area contributed by atoms with Gasteiger partial charge in [-0.25, -0.2) is 4.98 Å².